The van der Waals surface area contributed by atoms with E-state index in [1.54, 1.807) is 5.20 Å². The molecule has 24 heavy (non-hydrogen) atoms. The van der Waals surface area contributed by atoms with Crippen molar-refractivity contribution in [1.29, 1.82) is 0 Å². The Labute approximate surface area is 148 Å². The van der Waals surface area contributed by atoms with Crippen LogP contribution >= 0.6 is 0 Å². The summed E-state index contributed by atoms with van der Waals surface area (Å²) in [5.41, 5.74) is 0. The van der Waals surface area contributed by atoms with Crippen LogP contribution < -0.4 is 0 Å². The molecule has 0 saturated carbocycles. The highest BCUT2D eigenvalue weighted by atomic mass is 28.3. The number of hydrogen-bond donors (Lipinski definition) is 1. The first-order valence-electron chi connectivity index (χ1n) is 9.54. The Balaban J connectivity index is 2.30. The molecule has 0 saturated heterocycles. The Morgan fingerprint density at radius 2 is 1.88 bits per heavy atom. The zero-order valence-electron chi connectivity index (χ0n) is 15.5. The second-order valence-electron chi connectivity index (χ2n) is 7.01. The summed E-state index contributed by atoms with van der Waals surface area (Å²) >= 11 is 0. The van der Waals surface area contributed by atoms with Gasteiger partial charge in [0.25, 0.3) is 0 Å². The second-order valence-corrected chi connectivity index (χ2v) is 12.3. The molecule has 2 aliphatic heterocycles. The first kappa shape index (κ1) is 19.6. The van der Waals surface area contributed by atoms with Crippen molar-refractivity contribution in [1.82, 2.24) is 0 Å². The van der Waals surface area contributed by atoms with Gasteiger partial charge in [0.15, 0.2) is 0 Å². The molecule has 136 valence electrons. The molecule has 2 rings (SSSR count). The summed E-state index contributed by atoms with van der Waals surface area (Å²) in [6.07, 6.45) is 11.2. The molecule has 2 heterocycles. The van der Waals surface area contributed by atoms with Crippen LogP contribution in [-0.4, -0.2) is 44.2 Å². The molecular weight excluding hydrogens is 316 g/mol. The number of aliphatic hydroxyl groups excluding tert-OH is 1. The fourth-order valence-corrected chi connectivity index (χ4v) is 8.19. The minimum Gasteiger partial charge on any atom is -0.396 e. The molecule has 0 aromatic heterocycles. The van der Waals surface area contributed by atoms with Crippen molar-refractivity contribution in [3.63, 3.8) is 0 Å². The van der Waals surface area contributed by atoms with Crippen LogP contribution in [0.4, 0.5) is 0 Å². The molecule has 0 fully saturated rings. The van der Waals surface area contributed by atoms with Gasteiger partial charge in [-0.15, -0.1) is 6.58 Å². The lowest BCUT2D eigenvalue weighted by Gasteiger charge is -2.35. The lowest BCUT2D eigenvalue weighted by atomic mass is 10.0. The van der Waals surface area contributed by atoms with Gasteiger partial charge in [-0.1, -0.05) is 68.4 Å². The van der Waals surface area contributed by atoms with E-state index in [1.807, 2.05) is 6.08 Å². The van der Waals surface area contributed by atoms with Crippen molar-refractivity contribution in [2.45, 2.75) is 82.6 Å². The van der Waals surface area contributed by atoms with Gasteiger partial charge in [0, 0.05) is 13.0 Å². The van der Waals surface area contributed by atoms with E-state index in [0.29, 0.717) is 6.42 Å². The van der Waals surface area contributed by atoms with Gasteiger partial charge in [-0.25, -0.2) is 0 Å². The van der Waals surface area contributed by atoms with Crippen LogP contribution in [0.15, 0.2) is 36.1 Å². The summed E-state index contributed by atoms with van der Waals surface area (Å²) in [4.78, 5) is 0. The predicted octanol–water partition coefficient (Wildman–Crippen LogP) is 4.40. The Kier molecular flexibility index (Phi) is 7.48. The predicted molar refractivity (Wildman–Crippen MR) is 103 cm³/mol. The SMILES string of the molecule is C=CC[C@@H]1C=C[C@@H]2O[C@H](CCO)C=C([Si](CC)(CC)CC)C[C@H]2O1. The molecular formula is C20H34O3Si. The number of rotatable bonds is 8. The van der Waals surface area contributed by atoms with Crippen molar-refractivity contribution in [3.05, 3.63) is 36.1 Å². The maximum Gasteiger partial charge on any atom is 0.103 e. The first-order chi connectivity index (χ1) is 11.6. The Morgan fingerprint density at radius 3 is 2.46 bits per heavy atom. The van der Waals surface area contributed by atoms with Crippen molar-refractivity contribution in [2.24, 2.45) is 0 Å². The van der Waals surface area contributed by atoms with Crippen LogP contribution in [0.5, 0.6) is 0 Å². The molecule has 0 bridgehead atoms. The van der Waals surface area contributed by atoms with Gasteiger partial charge in [-0.3, -0.25) is 0 Å². The molecule has 0 aliphatic carbocycles. The van der Waals surface area contributed by atoms with Crippen molar-refractivity contribution in [3.8, 4) is 0 Å². The molecule has 2 aliphatic rings. The van der Waals surface area contributed by atoms with E-state index in [9.17, 15) is 5.11 Å². The first-order valence-corrected chi connectivity index (χ1v) is 12.2. The smallest absolute Gasteiger partial charge is 0.103 e. The highest BCUT2D eigenvalue weighted by Gasteiger charge is 2.39. The largest absolute Gasteiger partial charge is 0.396 e. The average Bonchev–Trinajstić information content (AvgIpc) is 2.77. The third kappa shape index (κ3) is 4.28. The quantitative estimate of drug-likeness (QED) is 0.521. The van der Waals surface area contributed by atoms with Crippen LogP contribution in [-0.2, 0) is 9.47 Å². The molecule has 4 heteroatoms. The van der Waals surface area contributed by atoms with Gasteiger partial charge in [0.1, 0.15) is 6.10 Å². The fraction of sp³-hybridized carbons (Fsp3) is 0.700. The van der Waals surface area contributed by atoms with E-state index in [2.05, 4.69) is 45.6 Å². The highest BCUT2D eigenvalue weighted by Crippen LogP contribution is 2.37. The zero-order chi connectivity index (χ0) is 17.6. The fourth-order valence-electron chi connectivity index (χ4n) is 4.15. The molecule has 0 spiro atoms. The summed E-state index contributed by atoms with van der Waals surface area (Å²) in [6.45, 7) is 11.0. The number of hydrogen-bond acceptors (Lipinski definition) is 3. The Bertz CT molecular complexity index is 459. The Morgan fingerprint density at radius 1 is 1.17 bits per heavy atom. The summed E-state index contributed by atoms with van der Waals surface area (Å²) in [5, 5.41) is 11.0. The summed E-state index contributed by atoms with van der Waals surface area (Å²) < 4.78 is 12.6. The topological polar surface area (TPSA) is 38.7 Å². The maximum atomic E-state index is 9.42. The Hall–Kier alpha value is -0.683. The minimum atomic E-state index is -1.46. The van der Waals surface area contributed by atoms with Gasteiger partial charge >= 0.3 is 0 Å². The van der Waals surface area contributed by atoms with Crippen LogP contribution in [0, 0.1) is 0 Å². The molecule has 0 aromatic carbocycles. The van der Waals surface area contributed by atoms with Crippen LogP contribution in [0.25, 0.3) is 0 Å². The molecule has 0 radical (unpaired) electrons. The van der Waals surface area contributed by atoms with Crippen LogP contribution in [0.1, 0.15) is 40.0 Å². The lowest BCUT2D eigenvalue weighted by molar-refractivity contribution is -0.0921. The van der Waals surface area contributed by atoms with Crippen molar-refractivity contribution < 1.29 is 14.6 Å². The van der Waals surface area contributed by atoms with E-state index in [1.165, 1.54) is 18.1 Å². The van der Waals surface area contributed by atoms with E-state index in [4.69, 9.17) is 9.47 Å². The third-order valence-corrected chi connectivity index (χ3v) is 11.7. The monoisotopic (exact) mass is 350 g/mol. The van der Waals surface area contributed by atoms with Gasteiger partial charge in [0.05, 0.1) is 26.4 Å². The van der Waals surface area contributed by atoms with E-state index >= 15 is 0 Å². The minimum absolute atomic E-state index is 0.000675. The third-order valence-electron chi connectivity index (χ3n) is 5.90. The van der Waals surface area contributed by atoms with Gasteiger partial charge < -0.3 is 14.6 Å². The standard InChI is InChI=1S/C20H34O3Si/c1-5-9-16-10-11-19-20(22-16)15-18(14-17(23-19)12-13-21)24(6-2,7-3)8-4/h5,10-11,14,16-17,19-21H,1,6-9,12-13,15H2,2-4H3/t16-,17-,19+,20-/m1/s1. The average molecular weight is 351 g/mol. The molecule has 0 aromatic rings. The number of ether oxygens (including phenoxy) is 2. The van der Waals surface area contributed by atoms with E-state index in [-0.39, 0.29) is 31.0 Å². The summed E-state index contributed by atoms with van der Waals surface area (Å²) in [7, 11) is -1.46. The lowest BCUT2D eigenvalue weighted by Crippen LogP contribution is -2.40. The molecule has 1 N–H and O–H groups in total. The molecule has 4 atom stereocenters. The number of aliphatic hydroxyl groups is 1. The zero-order valence-corrected chi connectivity index (χ0v) is 16.5. The highest BCUT2D eigenvalue weighted by molar-refractivity contribution is 6.86. The van der Waals surface area contributed by atoms with E-state index in [0.717, 1.165) is 12.8 Å². The van der Waals surface area contributed by atoms with Gasteiger partial charge in [0.2, 0.25) is 0 Å². The maximum absolute atomic E-state index is 9.42. The normalized spacial score (nSPS) is 30.4. The summed E-state index contributed by atoms with van der Waals surface area (Å²) in [6, 6.07) is 3.79. The van der Waals surface area contributed by atoms with Gasteiger partial charge in [-0.2, -0.15) is 0 Å². The summed E-state index contributed by atoms with van der Waals surface area (Å²) in [5.74, 6) is 0. The molecule has 0 amide bonds. The van der Waals surface area contributed by atoms with Gasteiger partial charge in [-0.05, 0) is 12.8 Å². The molecule has 3 nitrogen and oxygen atoms in total. The van der Waals surface area contributed by atoms with Crippen LogP contribution in [0.3, 0.4) is 0 Å². The number of fused-ring (bicyclic) bond motifs is 1. The van der Waals surface area contributed by atoms with E-state index < -0.39 is 8.07 Å². The van der Waals surface area contributed by atoms with Crippen molar-refractivity contribution >= 4 is 8.07 Å². The van der Waals surface area contributed by atoms with Crippen molar-refractivity contribution in [2.75, 3.05) is 6.61 Å². The van der Waals surface area contributed by atoms with Crippen LogP contribution in [0.2, 0.25) is 18.1 Å². The second kappa shape index (κ2) is 9.14. The molecule has 0 unspecified atom stereocenters.